The van der Waals surface area contributed by atoms with Gasteiger partial charge in [0.1, 0.15) is 6.04 Å². The molecule has 33 heavy (non-hydrogen) atoms. The molecule has 0 saturated carbocycles. The average Bonchev–Trinajstić information content (AvgIpc) is 3.08. The van der Waals surface area contributed by atoms with E-state index in [0.717, 1.165) is 12.1 Å². The summed E-state index contributed by atoms with van der Waals surface area (Å²) >= 11 is 0. The number of carbonyl (C=O) groups excluding carboxylic acids is 1. The van der Waals surface area contributed by atoms with Crippen molar-refractivity contribution in [3.05, 3.63) is 48.5 Å². The molecule has 4 rings (SSSR count). The Morgan fingerprint density at radius 3 is 2.27 bits per heavy atom. The van der Waals surface area contributed by atoms with Gasteiger partial charge >= 0.3 is 0 Å². The maximum atomic E-state index is 13.3. The third-order valence-corrected chi connectivity index (χ3v) is 7.40. The molecule has 1 N–H and O–H groups in total. The molecule has 0 bridgehead atoms. The number of anilines is 1. The predicted molar refractivity (Wildman–Crippen MR) is 126 cm³/mol. The highest BCUT2D eigenvalue weighted by Crippen LogP contribution is 2.32. The van der Waals surface area contributed by atoms with Gasteiger partial charge in [0.15, 0.2) is 11.5 Å². The quantitative estimate of drug-likeness (QED) is 0.694. The number of ether oxygens (including phenoxy) is 2. The molecular formula is C24H31N3O5S. The topological polar surface area (TPSA) is 88.2 Å². The first-order chi connectivity index (χ1) is 15.8. The third kappa shape index (κ3) is 5.42. The molecule has 0 aromatic heterocycles. The third-order valence-electron chi connectivity index (χ3n) is 5.96. The SMILES string of the molecule is CC(C)[C@H](NS(=O)(=O)c1ccc2c(c1)OCCCO2)C(=O)N1CCN(c2ccccc2)CC1. The standard InChI is InChI=1S/C24H31N3O5S/c1-18(2)23(24(28)27-13-11-26(12-14-27)19-7-4-3-5-8-19)25-33(29,30)20-9-10-21-22(17-20)32-16-6-15-31-21/h3-5,7-10,17-18,23,25H,6,11-16H2,1-2H3/t23-/m0/s1. The zero-order valence-corrected chi connectivity index (χ0v) is 19.9. The molecule has 1 amide bonds. The number of piperazine rings is 1. The first-order valence-electron chi connectivity index (χ1n) is 11.4. The van der Waals surface area contributed by atoms with Gasteiger partial charge in [0.2, 0.25) is 15.9 Å². The van der Waals surface area contributed by atoms with Gasteiger partial charge in [-0.3, -0.25) is 4.79 Å². The normalized spacial score (nSPS) is 17.5. The molecule has 8 nitrogen and oxygen atoms in total. The molecule has 0 spiro atoms. The van der Waals surface area contributed by atoms with E-state index in [-0.39, 0.29) is 16.7 Å². The summed E-state index contributed by atoms with van der Waals surface area (Å²) in [5, 5.41) is 0. The van der Waals surface area contributed by atoms with Crippen molar-refractivity contribution in [3.8, 4) is 11.5 Å². The second-order valence-electron chi connectivity index (χ2n) is 8.65. The van der Waals surface area contributed by atoms with Gasteiger partial charge in [-0.25, -0.2) is 8.42 Å². The molecule has 9 heteroatoms. The predicted octanol–water partition coefficient (Wildman–Crippen LogP) is 2.50. The van der Waals surface area contributed by atoms with Crippen molar-refractivity contribution in [2.24, 2.45) is 5.92 Å². The highest BCUT2D eigenvalue weighted by molar-refractivity contribution is 7.89. The van der Waals surface area contributed by atoms with Gasteiger partial charge in [-0.15, -0.1) is 0 Å². The molecular weight excluding hydrogens is 442 g/mol. The van der Waals surface area contributed by atoms with Crippen LogP contribution < -0.4 is 19.1 Å². The Hall–Kier alpha value is -2.78. The van der Waals surface area contributed by atoms with Crippen LogP contribution in [0.15, 0.2) is 53.4 Å². The number of rotatable bonds is 6. The molecule has 0 aliphatic carbocycles. The smallest absolute Gasteiger partial charge is 0.241 e. The van der Waals surface area contributed by atoms with Crippen molar-refractivity contribution in [1.29, 1.82) is 0 Å². The zero-order valence-electron chi connectivity index (χ0n) is 19.1. The average molecular weight is 474 g/mol. The molecule has 0 radical (unpaired) electrons. The zero-order chi connectivity index (χ0) is 23.4. The van der Waals surface area contributed by atoms with Gasteiger partial charge in [-0.05, 0) is 30.2 Å². The van der Waals surface area contributed by atoms with Crippen LogP contribution in [-0.4, -0.2) is 64.7 Å². The molecule has 1 atom stereocenters. The van der Waals surface area contributed by atoms with Gasteiger partial charge in [-0.2, -0.15) is 4.72 Å². The summed E-state index contributed by atoms with van der Waals surface area (Å²) in [6.07, 6.45) is 0.733. The van der Waals surface area contributed by atoms with Crippen molar-refractivity contribution in [2.45, 2.75) is 31.2 Å². The number of nitrogens with zero attached hydrogens (tertiary/aromatic N) is 2. The van der Waals surface area contributed by atoms with Crippen molar-refractivity contribution in [3.63, 3.8) is 0 Å². The summed E-state index contributed by atoms with van der Waals surface area (Å²) in [7, 11) is -3.93. The number of sulfonamides is 1. The minimum atomic E-state index is -3.93. The van der Waals surface area contributed by atoms with Crippen LogP contribution in [-0.2, 0) is 14.8 Å². The van der Waals surface area contributed by atoms with Crippen LogP contribution in [0.25, 0.3) is 0 Å². The van der Waals surface area contributed by atoms with Crippen molar-refractivity contribution in [1.82, 2.24) is 9.62 Å². The van der Waals surface area contributed by atoms with Crippen LogP contribution in [0.2, 0.25) is 0 Å². The van der Waals surface area contributed by atoms with Gasteiger partial charge in [0.05, 0.1) is 18.1 Å². The minimum Gasteiger partial charge on any atom is -0.490 e. The van der Waals surface area contributed by atoms with E-state index in [2.05, 4.69) is 21.8 Å². The van der Waals surface area contributed by atoms with Crippen LogP contribution in [0, 0.1) is 5.92 Å². The second-order valence-corrected chi connectivity index (χ2v) is 10.4. The number of hydrogen-bond donors (Lipinski definition) is 1. The Balaban J connectivity index is 1.45. The van der Waals surface area contributed by atoms with Gasteiger partial charge in [0.25, 0.3) is 0 Å². The summed E-state index contributed by atoms with van der Waals surface area (Å²) in [6, 6.07) is 13.8. The lowest BCUT2D eigenvalue weighted by molar-refractivity contribution is -0.134. The Morgan fingerprint density at radius 2 is 1.61 bits per heavy atom. The monoisotopic (exact) mass is 473 g/mol. The fourth-order valence-corrected chi connectivity index (χ4v) is 5.39. The number of nitrogens with one attached hydrogen (secondary N) is 1. The molecule has 1 saturated heterocycles. The lowest BCUT2D eigenvalue weighted by Crippen LogP contribution is -2.56. The fourth-order valence-electron chi connectivity index (χ4n) is 4.04. The lowest BCUT2D eigenvalue weighted by Gasteiger charge is -2.38. The first-order valence-corrected chi connectivity index (χ1v) is 12.8. The number of benzene rings is 2. The van der Waals surface area contributed by atoms with Crippen molar-refractivity contribution in [2.75, 3.05) is 44.3 Å². The van der Waals surface area contributed by atoms with E-state index >= 15 is 0 Å². The van der Waals surface area contributed by atoms with Gasteiger partial charge in [0, 0.05) is 44.4 Å². The molecule has 2 aliphatic heterocycles. The van der Waals surface area contributed by atoms with Crippen molar-refractivity contribution >= 4 is 21.6 Å². The molecule has 1 fully saturated rings. The Morgan fingerprint density at radius 1 is 0.939 bits per heavy atom. The summed E-state index contributed by atoms with van der Waals surface area (Å²) in [6.45, 7) is 7.18. The Labute approximate surface area is 195 Å². The largest absolute Gasteiger partial charge is 0.490 e. The van der Waals surface area contributed by atoms with E-state index in [4.69, 9.17) is 9.47 Å². The van der Waals surface area contributed by atoms with E-state index in [1.54, 1.807) is 11.0 Å². The van der Waals surface area contributed by atoms with Crippen LogP contribution in [0.4, 0.5) is 5.69 Å². The minimum absolute atomic E-state index is 0.0547. The van der Waals surface area contributed by atoms with Crippen molar-refractivity contribution < 1.29 is 22.7 Å². The van der Waals surface area contributed by atoms with E-state index in [9.17, 15) is 13.2 Å². The van der Waals surface area contributed by atoms with E-state index in [1.807, 2.05) is 32.0 Å². The van der Waals surface area contributed by atoms with E-state index in [1.165, 1.54) is 12.1 Å². The first kappa shape index (κ1) is 23.4. The summed E-state index contributed by atoms with van der Waals surface area (Å²) in [5.74, 6) is 0.523. The van der Waals surface area contributed by atoms with Crippen LogP contribution in [0.5, 0.6) is 11.5 Å². The van der Waals surface area contributed by atoms with Gasteiger partial charge < -0.3 is 19.3 Å². The van der Waals surface area contributed by atoms with Crippen LogP contribution in [0.1, 0.15) is 20.3 Å². The number of amides is 1. The lowest BCUT2D eigenvalue weighted by atomic mass is 10.0. The summed E-state index contributed by atoms with van der Waals surface area (Å²) in [4.78, 5) is 17.3. The molecule has 0 unspecified atom stereocenters. The van der Waals surface area contributed by atoms with E-state index in [0.29, 0.717) is 50.9 Å². The molecule has 2 heterocycles. The Kier molecular flexibility index (Phi) is 7.09. The number of fused-ring (bicyclic) bond motifs is 1. The molecule has 2 aliphatic rings. The number of carbonyl (C=O) groups is 1. The maximum absolute atomic E-state index is 13.3. The maximum Gasteiger partial charge on any atom is 0.241 e. The molecule has 178 valence electrons. The second kappa shape index (κ2) is 10.0. The number of para-hydroxylation sites is 1. The molecule has 2 aromatic carbocycles. The fraction of sp³-hybridized carbons (Fsp3) is 0.458. The highest BCUT2D eigenvalue weighted by Gasteiger charge is 2.33. The molecule has 2 aromatic rings. The van der Waals surface area contributed by atoms with Gasteiger partial charge in [-0.1, -0.05) is 32.0 Å². The Bertz CT molecular complexity index is 1070. The van der Waals surface area contributed by atoms with E-state index < -0.39 is 16.1 Å². The summed E-state index contributed by atoms with van der Waals surface area (Å²) in [5.41, 5.74) is 1.13. The summed E-state index contributed by atoms with van der Waals surface area (Å²) < 4.78 is 40.2. The number of hydrogen-bond acceptors (Lipinski definition) is 6. The van der Waals surface area contributed by atoms with Crippen LogP contribution in [0.3, 0.4) is 0 Å². The van der Waals surface area contributed by atoms with Crippen LogP contribution >= 0.6 is 0 Å². The highest BCUT2D eigenvalue weighted by atomic mass is 32.2.